The highest BCUT2D eigenvalue weighted by Crippen LogP contribution is 2.51. The quantitative estimate of drug-likeness (QED) is 0.260. The lowest BCUT2D eigenvalue weighted by molar-refractivity contribution is -0.137. The first-order valence-electron chi connectivity index (χ1n) is 14.3. The molecular weight excluding hydrogens is 510 g/mol. The molecule has 6 heteroatoms. The van der Waals surface area contributed by atoms with Gasteiger partial charge in [-0.1, -0.05) is 63.4 Å². The molecular formula is C34H38F2O4. The van der Waals surface area contributed by atoms with Crippen molar-refractivity contribution in [1.82, 2.24) is 0 Å². The SMILES string of the molecule is COc1ccc(F)c(-c2ccc(COc3cccc([C@@H](CC(=O)O)CC4CC4)c3F)cc2[C@H]2CCCC2(C)C)c1. The van der Waals surface area contributed by atoms with Gasteiger partial charge in [0.2, 0.25) is 0 Å². The van der Waals surface area contributed by atoms with Gasteiger partial charge in [-0.05, 0) is 89.0 Å². The molecule has 0 bridgehead atoms. The van der Waals surface area contributed by atoms with Gasteiger partial charge in [-0.25, -0.2) is 8.78 Å². The lowest BCUT2D eigenvalue weighted by atomic mass is 9.75. The van der Waals surface area contributed by atoms with Gasteiger partial charge in [0.05, 0.1) is 13.5 Å². The Labute approximate surface area is 235 Å². The zero-order valence-corrected chi connectivity index (χ0v) is 23.5. The van der Waals surface area contributed by atoms with E-state index in [0.29, 0.717) is 29.2 Å². The van der Waals surface area contributed by atoms with E-state index in [-0.39, 0.29) is 41.8 Å². The van der Waals surface area contributed by atoms with Crippen molar-refractivity contribution in [3.8, 4) is 22.6 Å². The number of ether oxygens (including phenoxy) is 2. The summed E-state index contributed by atoms with van der Waals surface area (Å²) in [5.41, 5.74) is 3.74. The van der Waals surface area contributed by atoms with Crippen LogP contribution in [0.2, 0.25) is 0 Å². The van der Waals surface area contributed by atoms with Crippen molar-refractivity contribution in [1.29, 1.82) is 0 Å². The van der Waals surface area contributed by atoms with E-state index >= 15 is 8.78 Å². The number of hydrogen-bond acceptors (Lipinski definition) is 3. The molecule has 2 aliphatic carbocycles. The van der Waals surface area contributed by atoms with Crippen LogP contribution >= 0.6 is 0 Å². The summed E-state index contributed by atoms with van der Waals surface area (Å²) < 4.78 is 42.1. The minimum atomic E-state index is -0.925. The molecule has 0 radical (unpaired) electrons. The monoisotopic (exact) mass is 548 g/mol. The summed E-state index contributed by atoms with van der Waals surface area (Å²) in [5.74, 6) is -0.655. The van der Waals surface area contributed by atoms with Gasteiger partial charge >= 0.3 is 5.97 Å². The Kier molecular flexibility index (Phi) is 8.16. The van der Waals surface area contributed by atoms with Crippen molar-refractivity contribution in [2.45, 2.75) is 77.2 Å². The van der Waals surface area contributed by atoms with E-state index in [1.165, 1.54) is 6.07 Å². The summed E-state index contributed by atoms with van der Waals surface area (Å²) >= 11 is 0. The van der Waals surface area contributed by atoms with Crippen LogP contribution in [0.15, 0.2) is 54.6 Å². The first kappa shape index (κ1) is 28.1. The molecule has 0 amide bonds. The molecule has 3 aromatic rings. The molecule has 2 atom stereocenters. The third kappa shape index (κ3) is 6.16. The van der Waals surface area contributed by atoms with Crippen molar-refractivity contribution < 1.29 is 28.2 Å². The molecule has 3 aromatic carbocycles. The van der Waals surface area contributed by atoms with Crippen LogP contribution in [0, 0.1) is 23.0 Å². The number of carbonyl (C=O) groups is 1. The summed E-state index contributed by atoms with van der Waals surface area (Å²) in [7, 11) is 1.57. The van der Waals surface area contributed by atoms with Gasteiger partial charge < -0.3 is 14.6 Å². The second-order valence-corrected chi connectivity index (χ2v) is 12.1. The van der Waals surface area contributed by atoms with E-state index in [1.807, 2.05) is 12.1 Å². The normalized spacial score (nSPS) is 18.9. The Morgan fingerprint density at radius 3 is 2.52 bits per heavy atom. The number of halogens is 2. The van der Waals surface area contributed by atoms with Gasteiger partial charge in [-0.15, -0.1) is 0 Å². The largest absolute Gasteiger partial charge is 0.497 e. The van der Waals surface area contributed by atoms with E-state index in [9.17, 15) is 9.90 Å². The molecule has 0 heterocycles. The zero-order valence-electron chi connectivity index (χ0n) is 23.5. The Bertz CT molecular complexity index is 1380. The van der Waals surface area contributed by atoms with Crippen LogP contribution in [-0.2, 0) is 11.4 Å². The van der Waals surface area contributed by atoms with E-state index in [4.69, 9.17) is 9.47 Å². The molecule has 1 N–H and O–H groups in total. The van der Waals surface area contributed by atoms with Crippen LogP contribution < -0.4 is 9.47 Å². The Morgan fingerprint density at radius 2 is 1.85 bits per heavy atom. The first-order valence-corrected chi connectivity index (χ1v) is 14.3. The molecule has 0 spiro atoms. The fourth-order valence-electron chi connectivity index (χ4n) is 6.38. The molecule has 212 valence electrons. The standard InChI is InChI=1S/C34H38F2O4/c1-34(2)15-5-7-29(34)27-17-22(11-13-26(27)28-19-24(39-3)12-14-30(28)35)20-40-31-8-4-6-25(33(31)36)23(18-32(37)38)16-21-9-10-21/h4,6,8,11-14,17,19,21,23,29H,5,7,9-10,15-16,18,20H2,1-3H3,(H,37,38)/t23-,29-/m1/s1. The predicted molar refractivity (Wildman–Crippen MR) is 152 cm³/mol. The van der Waals surface area contributed by atoms with Gasteiger partial charge in [0, 0.05) is 5.56 Å². The van der Waals surface area contributed by atoms with Crippen molar-refractivity contribution in [2.75, 3.05) is 7.11 Å². The molecule has 0 aliphatic heterocycles. The molecule has 2 fully saturated rings. The lowest BCUT2D eigenvalue weighted by Gasteiger charge is -2.30. The highest BCUT2D eigenvalue weighted by atomic mass is 19.1. The van der Waals surface area contributed by atoms with Crippen LogP contribution in [0.25, 0.3) is 11.1 Å². The Hall–Kier alpha value is -3.41. The number of carboxylic acid groups (broad SMARTS) is 1. The highest BCUT2D eigenvalue weighted by Gasteiger charge is 2.37. The third-order valence-electron chi connectivity index (χ3n) is 8.78. The van der Waals surface area contributed by atoms with Crippen LogP contribution in [0.1, 0.15) is 87.3 Å². The Balaban J connectivity index is 1.44. The summed E-state index contributed by atoms with van der Waals surface area (Å²) in [6.45, 7) is 4.67. The fourth-order valence-corrected chi connectivity index (χ4v) is 6.38. The summed E-state index contributed by atoms with van der Waals surface area (Å²) in [4.78, 5) is 11.5. The minimum Gasteiger partial charge on any atom is -0.497 e. The average molecular weight is 549 g/mol. The van der Waals surface area contributed by atoms with E-state index < -0.39 is 11.8 Å². The summed E-state index contributed by atoms with van der Waals surface area (Å²) in [5, 5.41) is 9.41. The maximum atomic E-state index is 15.6. The number of hydrogen-bond donors (Lipinski definition) is 1. The topological polar surface area (TPSA) is 55.8 Å². The van der Waals surface area contributed by atoms with Crippen LogP contribution in [0.5, 0.6) is 11.5 Å². The van der Waals surface area contributed by atoms with Gasteiger partial charge in [-0.2, -0.15) is 0 Å². The van der Waals surface area contributed by atoms with E-state index in [0.717, 1.165) is 48.8 Å². The van der Waals surface area contributed by atoms with Gasteiger partial charge in [0.25, 0.3) is 0 Å². The summed E-state index contributed by atoms with van der Waals surface area (Å²) in [6, 6.07) is 15.7. The van der Waals surface area contributed by atoms with E-state index in [2.05, 4.69) is 19.9 Å². The van der Waals surface area contributed by atoms with Crippen molar-refractivity contribution in [3.05, 3.63) is 82.9 Å². The van der Waals surface area contributed by atoms with Crippen LogP contribution in [0.3, 0.4) is 0 Å². The van der Waals surface area contributed by atoms with Gasteiger partial charge in [0.1, 0.15) is 18.2 Å². The molecule has 40 heavy (non-hydrogen) atoms. The maximum absolute atomic E-state index is 15.6. The second-order valence-electron chi connectivity index (χ2n) is 12.1. The molecule has 2 aliphatic rings. The molecule has 0 aromatic heterocycles. The first-order chi connectivity index (χ1) is 19.2. The smallest absolute Gasteiger partial charge is 0.303 e. The predicted octanol–water partition coefficient (Wildman–Crippen LogP) is 8.87. The Morgan fingerprint density at radius 1 is 1.05 bits per heavy atom. The number of carboxylic acids is 1. The van der Waals surface area contributed by atoms with Gasteiger partial charge in [0.15, 0.2) is 11.6 Å². The summed E-state index contributed by atoms with van der Waals surface area (Å²) in [6.07, 6.45) is 5.94. The third-order valence-corrected chi connectivity index (χ3v) is 8.78. The number of benzene rings is 3. The fraction of sp³-hybridized carbons (Fsp3) is 0.441. The van der Waals surface area contributed by atoms with Crippen molar-refractivity contribution >= 4 is 5.97 Å². The van der Waals surface area contributed by atoms with Crippen LogP contribution in [0.4, 0.5) is 8.78 Å². The number of rotatable bonds is 11. The number of aliphatic carboxylic acids is 1. The van der Waals surface area contributed by atoms with Crippen LogP contribution in [-0.4, -0.2) is 18.2 Å². The molecule has 0 saturated heterocycles. The molecule has 0 unspecified atom stereocenters. The second kappa shape index (κ2) is 11.6. The maximum Gasteiger partial charge on any atom is 0.303 e. The minimum absolute atomic E-state index is 0.0602. The molecule has 5 rings (SSSR count). The number of methoxy groups -OCH3 is 1. The highest BCUT2D eigenvalue weighted by molar-refractivity contribution is 5.71. The van der Waals surface area contributed by atoms with Crippen molar-refractivity contribution in [3.63, 3.8) is 0 Å². The van der Waals surface area contributed by atoms with E-state index in [1.54, 1.807) is 37.4 Å². The van der Waals surface area contributed by atoms with Gasteiger partial charge in [-0.3, -0.25) is 4.79 Å². The zero-order chi connectivity index (χ0) is 28.4. The molecule has 4 nitrogen and oxygen atoms in total. The lowest BCUT2D eigenvalue weighted by Crippen LogP contribution is -2.17. The average Bonchev–Trinajstić information content (AvgIpc) is 3.67. The molecule has 2 saturated carbocycles. The van der Waals surface area contributed by atoms with Crippen molar-refractivity contribution in [2.24, 2.45) is 11.3 Å².